The molecule has 0 unspecified atom stereocenters. The van der Waals surface area contributed by atoms with Crippen LogP contribution in [-0.2, 0) is 23.7 Å². The molecule has 0 bridgehead atoms. The predicted molar refractivity (Wildman–Crippen MR) is 130 cm³/mol. The van der Waals surface area contributed by atoms with Crippen molar-refractivity contribution in [1.82, 2.24) is 5.32 Å². The largest absolute Gasteiger partial charge is 0.460 e. The van der Waals surface area contributed by atoms with E-state index in [0.29, 0.717) is 46.0 Å². The molecule has 0 aliphatic heterocycles. The van der Waals surface area contributed by atoms with E-state index in [-0.39, 0.29) is 18.3 Å². The predicted octanol–water partition coefficient (Wildman–Crippen LogP) is 4.68. The van der Waals surface area contributed by atoms with Crippen LogP contribution in [0.3, 0.4) is 0 Å². The third-order valence-corrected chi connectivity index (χ3v) is 5.32. The molecule has 2 aromatic rings. The first-order valence-electron chi connectivity index (χ1n) is 11.8. The zero-order valence-electron chi connectivity index (χ0n) is 20.3. The molecule has 34 heavy (non-hydrogen) atoms. The third-order valence-electron chi connectivity index (χ3n) is 5.32. The molecule has 184 valence electrons. The standard InChI is InChI=1S/C27H35NO6/c1-27(2,3)34-25(29)13-16-32-18-17-31-15-8-14-28-26(30)33-19-24-22-11-6-4-9-20(22)21-10-5-7-12-23(21)24/h4-7,9-12,24H,8,13-19H2,1-3H3,(H,28,30). The molecule has 0 atom stereocenters. The second-order valence-corrected chi connectivity index (χ2v) is 9.17. The van der Waals surface area contributed by atoms with Crippen LogP contribution >= 0.6 is 0 Å². The zero-order chi connectivity index (χ0) is 24.4. The van der Waals surface area contributed by atoms with Crippen LogP contribution in [0.25, 0.3) is 11.1 Å². The fourth-order valence-electron chi connectivity index (χ4n) is 3.88. The van der Waals surface area contributed by atoms with Crippen molar-refractivity contribution >= 4 is 12.1 Å². The first-order chi connectivity index (χ1) is 16.3. The lowest BCUT2D eigenvalue weighted by molar-refractivity contribution is -0.156. The number of rotatable bonds is 12. The molecular formula is C27H35NO6. The molecule has 1 aliphatic rings. The van der Waals surface area contributed by atoms with Crippen molar-refractivity contribution in [2.24, 2.45) is 0 Å². The summed E-state index contributed by atoms with van der Waals surface area (Å²) in [7, 11) is 0. The van der Waals surface area contributed by atoms with E-state index >= 15 is 0 Å². The molecule has 0 heterocycles. The molecule has 0 aromatic heterocycles. The first-order valence-corrected chi connectivity index (χ1v) is 11.8. The molecule has 3 rings (SSSR count). The highest BCUT2D eigenvalue weighted by Gasteiger charge is 2.28. The molecule has 2 aromatic carbocycles. The Morgan fingerprint density at radius 2 is 1.44 bits per heavy atom. The van der Waals surface area contributed by atoms with Crippen LogP contribution in [0.2, 0.25) is 0 Å². The maximum absolute atomic E-state index is 12.1. The fraction of sp³-hybridized carbons (Fsp3) is 0.481. The van der Waals surface area contributed by atoms with Gasteiger partial charge < -0.3 is 24.3 Å². The smallest absolute Gasteiger partial charge is 0.407 e. The second-order valence-electron chi connectivity index (χ2n) is 9.17. The van der Waals surface area contributed by atoms with Crippen molar-refractivity contribution in [3.8, 4) is 11.1 Å². The van der Waals surface area contributed by atoms with Crippen molar-refractivity contribution in [3.63, 3.8) is 0 Å². The Morgan fingerprint density at radius 1 is 0.853 bits per heavy atom. The summed E-state index contributed by atoms with van der Waals surface area (Å²) in [5.74, 6) is -0.218. The normalized spacial score (nSPS) is 12.7. The summed E-state index contributed by atoms with van der Waals surface area (Å²) in [6, 6.07) is 16.5. The van der Waals surface area contributed by atoms with Gasteiger partial charge in [0.25, 0.3) is 0 Å². The minimum atomic E-state index is -0.478. The molecule has 1 N–H and O–H groups in total. The van der Waals surface area contributed by atoms with Crippen LogP contribution in [-0.4, -0.2) is 57.2 Å². The van der Waals surface area contributed by atoms with Crippen molar-refractivity contribution in [1.29, 1.82) is 0 Å². The maximum Gasteiger partial charge on any atom is 0.407 e. The van der Waals surface area contributed by atoms with Crippen LogP contribution in [0, 0.1) is 0 Å². The molecule has 7 nitrogen and oxygen atoms in total. The summed E-state index contributed by atoms with van der Waals surface area (Å²) >= 11 is 0. The van der Waals surface area contributed by atoms with Crippen LogP contribution in [0.4, 0.5) is 4.79 Å². The molecule has 7 heteroatoms. The number of carbonyl (C=O) groups is 2. The minimum absolute atomic E-state index is 0.0526. The van der Waals surface area contributed by atoms with E-state index in [1.807, 2.05) is 45.0 Å². The summed E-state index contributed by atoms with van der Waals surface area (Å²) in [4.78, 5) is 23.7. The highest BCUT2D eigenvalue weighted by molar-refractivity contribution is 5.79. The molecule has 0 fully saturated rings. The van der Waals surface area contributed by atoms with Gasteiger partial charge in [0.1, 0.15) is 12.2 Å². The van der Waals surface area contributed by atoms with Gasteiger partial charge in [-0.05, 0) is 49.4 Å². The van der Waals surface area contributed by atoms with Gasteiger partial charge in [0.05, 0.1) is 26.2 Å². The lowest BCUT2D eigenvalue weighted by Crippen LogP contribution is -2.27. The second kappa shape index (κ2) is 12.5. The molecule has 1 aliphatic carbocycles. The van der Waals surface area contributed by atoms with E-state index < -0.39 is 11.7 Å². The van der Waals surface area contributed by atoms with Gasteiger partial charge in [-0.3, -0.25) is 4.79 Å². The number of esters is 1. The number of hydrogen-bond donors (Lipinski definition) is 1. The van der Waals surface area contributed by atoms with E-state index in [4.69, 9.17) is 18.9 Å². The van der Waals surface area contributed by atoms with Gasteiger partial charge in [0, 0.05) is 19.1 Å². The summed E-state index contributed by atoms with van der Waals surface area (Å²) in [5.41, 5.74) is 4.32. The number of hydrogen-bond acceptors (Lipinski definition) is 6. The van der Waals surface area contributed by atoms with E-state index in [1.54, 1.807) is 0 Å². The van der Waals surface area contributed by atoms with Gasteiger partial charge in [-0.25, -0.2) is 4.79 Å². The number of nitrogens with one attached hydrogen (secondary N) is 1. The molecule has 0 spiro atoms. The minimum Gasteiger partial charge on any atom is -0.460 e. The van der Waals surface area contributed by atoms with E-state index in [2.05, 4.69) is 29.6 Å². The van der Waals surface area contributed by atoms with Crippen LogP contribution < -0.4 is 5.32 Å². The van der Waals surface area contributed by atoms with E-state index in [9.17, 15) is 9.59 Å². The van der Waals surface area contributed by atoms with Gasteiger partial charge >= 0.3 is 12.1 Å². The number of alkyl carbamates (subject to hydrolysis) is 1. The molecule has 0 saturated heterocycles. The number of carbonyl (C=O) groups excluding carboxylic acids is 2. The number of fused-ring (bicyclic) bond motifs is 3. The quantitative estimate of drug-likeness (QED) is 0.359. The fourth-order valence-corrected chi connectivity index (χ4v) is 3.88. The van der Waals surface area contributed by atoms with Gasteiger partial charge in [-0.1, -0.05) is 48.5 Å². The van der Waals surface area contributed by atoms with Gasteiger partial charge in [-0.15, -0.1) is 0 Å². The lowest BCUT2D eigenvalue weighted by Gasteiger charge is -2.19. The molecule has 0 radical (unpaired) electrons. The van der Waals surface area contributed by atoms with Crippen molar-refractivity contribution < 1.29 is 28.5 Å². The Kier molecular flexibility index (Phi) is 9.48. The monoisotopic (exact) mass is 469 g/mol. The summed E-state index contributed by atoms with van der Waals surface area (Å²) in [6.07, 6.45) is 0.469. The highest BCUT2D eigenvalue weighted by Crippen LogP contribution is 2.44. The van der Waals surface area contributed by atoms with Gasteiger partial charge in [0.2, 0.25) is 0 Å². The summed E-state index contributed by atoms with van der Waals surface area (Å²) in [5, 5.41) is 2.77. The van der Waals surface area contributed by atoms with Crippen LogP contribution in [0.1, 0.15) is 50.7 Å². The van der Waals surface area contributed by atoms with Crippen LogP contribution in [0.15, 0.2) is 48.5 Å². The Labute approximate surface area is 201 Å². The summed E-state index contributed by atoms with van der Waals surface area (Å²) in [6.45, 7) is 7.92. The van der Waals surface area contributed by atoms with Crippen LogP contribution in [0.5, 0.6) is 0 Å². The molecule has 1 amide bonds. The topological polar surface area (TPSA) is 83.1 Å². The number of ether oxygens (including phenoxy) is 4. The molecular weight excluding hydrogens is 434 g/mol. The van der Waals surface area contributed by atoms with Crippen molar-refractivity contribution in [3.05, 3.63) is 59.7 Å². The van der Waals surface area contributed by atoms with E-state index in [0.717, 1.165) is 0 Å². The Morgan fingerprint density at radius 3 is 2.06 bits per heavy atom. The highest BCUT2D eigenvalue weighted by atomic mass is 16.6. The van der Waals surface area contributed by atoms with Gasteiger partial charge in [-0.2, -0.15) is 0 Å². The van der Waals surface area contributed by atoms with Gasteiger partial charge in [0.15, 0.2) is 0 Å². The summed E-state index contributed by atoms with van der Waals surface area (Å²) < 4.78 is 21.6. The number of benzene rings is 2. The molecule has 0 saturated carbocycles. The lowest BCUT2D eigenvalue weighted by atomic mass is 9.98. The Hall–Kier alpha value is -2.90. The SMILES string of the molecule is CC(C)(C)OC(=O)CCOCCOCCCNC(=O)OCC1c2ccccc2-c2ccccc21. The number of amides is 1. The average molecular weight is 470 g/mol. The zero-order valence-corrected chi connectivity index (χ0v) is 20.3. The third kappa shape index (κ3) is 7.85. The average Bonchev–Trinajstić information content (AvgIpc) is 3.11. The first kappa shape index (κ1) is 25.7. The van der Waals surface area contributed by atoms with Crippen molar-refractivity contribution in [2.75, 3.05) is 39.6 Å². The Balaban J connectivity index is 1.23. The Bertz CT molecular complexity index is 907. The van der Waals surface area contributed by atoms with Crippen molar-refractivity contribution in [2.45, 2.75) is 45.1 Å². The maximum atomic E-state index is 12.1. The van der Waals surface area contributed by atoms with E-state index in [1.165, 1.54) is 22.3 Å².